The molecule has 0 aliphatic heterocycles. The van der Waals surface area contributed by atoms with E-state index in [0.29, 0.717) is 22.3 Å². The maximum absolute atomic E-state index is 11.2. The number of halogens is 1. The predicted octanol–water partition coefficient (Wildman–Crippen LogP) is 3.78. The highest BCUT2D eigenvalue weighted by atomic mass is 35.5. The number of thioether (sulfide) groups is 1. The van der Waals surface area contributed by atoms with Gasteiger partial charge in [0, 0.05) is 11.0 Å². The standard InChI is InChI=1S/C16H13ClO3S/c1-12-10-13(11-16(18)20-12)21-9-5-4-8-19-15-7-3-2-6-14(15)17/h2-3,6-7,10-11H,8-9H2,1H3. The van der Waals surface area contributed by atoms with Gasteiger partial charge in [-0.1, -0.05) is 35.6 Å². The zero-order valence-corrected chi connectivity index (χ0v) is 13.0. The monoisotopic (exact) mass is 320 g/mol. The third-order valence-corrected chi connectivity index (χ3v) is 3.61. The fourth-order valence-electron chi connectivity index (χ4n) is 1.56. The molecule has 2 aromatic rings. The third-order valence-electron chi connectivity index (χ3n) is 2.44. The van der Waals surface area contributed by atoms with Crippen molar-refractivity contribution in [2.75, 3.05) is 12.4 Å². The summed E-state index contributed by atoms with van der Waals surface area (Å²) < 4.78 is 10.3. The van der Waals surface area contributed by atoms with E-state index in [1.807, 2.05) is 18.2 Å². The average molecular weight is 321 g/mol. The van der Waals surface area contributed by atoms with Crippen LogP contribution in [-0.2, 0) is 0 Å². The lowest BCUT2D eigenvalue weighted by atomic mass is 10.3. The lowest BCUT2D eigenvalue weighted by molar-refractivity contribution is 0.370. The van der Waals surface area contributed by atoms with Crippen molar-refractivity contribution < 1.29 is 9.15 Å². The molecule has 2 rings (SSSR count). The van der Waals surface area contributed by atoms with Gasteiger partial charge in [0.2, 0.25) is 0 Å². The summed E-state index contributed by atoms with van der Waals surface area (Å²) in [4.78, 5) is 12.0. The Morgan fingerprint density at radius 1 is 1.29 bits per heavy atom. The summed E-state index contributed by atoms with van der Waals surface area (Å²) in [7, 11) is 0. The van der Waals surface area contributed by atoms with Crippen molar-refractivity contribution in [2.24, 2.45) is 0 Å². The van der Waals surface area contributed by atoms with Crippen molar-refractivity contribution in [3.63, 3.8) is 0 Å². The summed E-state index contributed by atoms with van der Waals surface area (Å²) in [6.45, 7) is 2.02. The Morgan fingerprint density at radius 3 is 2.86 bits per heavy atom. The summed E-state index contributed by atoms with van der Waals surface area (Å²) in [5.74, 6) is 7.68. The van der Waals surface area contributed by atoms with Crippen LogP contribution < -0.4 is 10.4 Å². The minimum Gasteiger partial charge on any atom is -0.479 e. The predicted molar refractivity (Wildman–Crippen MR) is 85.2 cm³/mol. The van der Waals surface area contributed by atoms with Crippen molar-refractivity contribution >= 4 is 23.4 Å². The molecule has 0 atom stereocenters. The molecule has 0 radical (unpaired) electrons. The van der Waals surface area contributed by atoms with Crippen LogP contribution in [0.25, 0.3) is 0 Å². The van der Waals surface area contributed by atoms with Gasteiger partial charge in [0.25, 0.3) is 0 Å². The van der Waals surface area contributed by atoms with Crippen molar-refractivity contribution in [3.8, 4) is 17.6 Å². The van der Waals surface area contributed by atoms with E-state index >= 15 is 0 Å². The summed E-state index contributed by atoms with van der Waals surface area (Å²) >= 11 is 7.44. The van der Waals surface area contributed by atoms with E-state index in [0.717, 1.165) is 4.90 Å². The molecular weight excluding hydrogens is 308 g/mol. The van der Waals surface area contributed by atoms with Gasteiger partial charge in [0.15, 0.2) is 0 Å². The topological polar surface area (TPSA) is 39.4 Å². The molecule has 0 unspecified atom stereocenters. The minimum absolute atomic E-state index is 0.278. The number of para-hydroxylation sites is 1. The molecule has 108 valence electrons. The summed E-state index contributed by atoms with van der Waals surface area (Å²) in [5.41, 5.74) is -0.340. The van der Waals surface area contributed by atoms with E-state index in [4.69, 9.17) is 20.8 Å². The molecule has 1 aromatic heterocycles. The van der Waals surface area contributed by atoms with E-state index in [9.17, 15) is 4.79 Å². The molecule has 21 heavy (non-hydrogen) atoms. The average Bonchev–Trinajstić information content (AvgIpc) is 2.43. The fourth-order valence-corrected chi connectivity index (χ4v) is 2.52. The number of hydrogen-bond donors (Lipinski definition) is 0. The molecule has 1 heterocycles. The molecule has 0 spiro atoms. The lowest BCUT2D eigenvalue weighted by Crippen LogP contribution is -1.97. The number of rotatable bonds is 4. The molecular formula is C16H13ClO3S. The van der Waals surface area contributed by atoms with Gasteiger partial charge in [-0.05, 0) is 25.1 Å². The van der Waals surface area contributed by atoms with Gasteiger partial charge in [0.1, 0.15) is 18.1 Å². The van der Waals surface area contributed by atoms with E-state index in [1.54, 1.807) is 19.1 Å². The van der Waals surface area contributed by atoms with Crippen molar-refractivity contribution in [2.45, 2.75) is 11.8 Å². The van der Waals surface area contributed by atoms with Crippen LogP contribution in [-0.4, -0.2) is 12.4 Å². The Bertz CT molecular complexity index is 728. The molecule has 0 aliphatic rings. The zero-order chi connectivity index (χ0) is 15.1. The van der Waals surface area contributed by atoms with Crippen molar-refractivity contribution in [1.29, 1.82) is 0 Å². The van der Waals surface area contributed by atoms with Gasteiger partial charge in [-0.2, -0.15) is 0 Å². The van der Waals surface area contributed by atoms with E-state index < -0.39 is 0 Å². The zero-order valence-electron chi connectivity index (χ0n) is 11.4. The van der Waals surface area contributed by atoms with Gasteiger partial charge >= 0.3 is 5.63 Å². The smallest absolute Gasteiger partial charge is 0.336 e. The Balaban J connectivity index is 1.79. The van der Waals surface area contributed by atoms with Crippen LogP contribution >= 0.6 is 23.4 Å². The lowest BCUT2D eigenvalue weighted by Gasteiger charge is -2.02. The van der Waals surface area contributed by atoms with Crippen molar-refractivity contribution in [1.82, 2.24) is 0 Å². The van der Waals surface area contributed by atoms with Crippen LogP contribution in [0.3, 0.4) is 0 Å². The second-order valence-electron chi connectivity index (χ2n) is 4.08. The highest BCUT2D eigenvalue weighted by Crippen LogP contribution is 2.22. The quantitative estimate of drug-likeness (QED) is 0.635. The van der Waals surface area contributed by atoms with E-state index in [1.165, 1.54) is 17.8 Å². The summed E-state index contributed by atoms with van der Waals surface area (Å²) in [6, 6.07) is 10.5. The molecule has 1 aromatic carbocycles. The first-order chi connectivity index (χ1) is 10.1. The largest absolute Gasteiger partial charge is 0.479 e. The van der Waals surface area contributed by atoms with Crippen molar-refractivity contribution in [3.05, 3.63) is 57.6 Å². The second-order valence-corrected chi connectivity index (χ2v) is 5.54. The fraction of sp³-hybridized carbons (Fsp3) is 0.188. The molecule has 0 fully saturated rings. The molecule has 0 saturated heterocycles. The van der Waals surface area contributed by atoms with Gasteiger partial charge < -0.3 is 9.15 Å². The van der Waals surface area contributed by atoms with Crippen LogP contribution in [0.5, 0.6) is 5.75 Å². The van der Waals surface area contributed by atoms with Gasteiger partial charge in [0.05, 0.1) is 10.8 Å². The van der Waals surface area contributed by atoms with Crippen LogP contribution in [0.15, 0.2) is 50.5 Å². The normalized spacial score (nSPS) is 9.81. The van der Waals surface area contributed by atoms with Crippen LogP contribution in [0.4, 0.5) is 0 Å². The Labute approximate surface area is 132 Å². The Morgan fingerprint density at radius 2 is 2.10 bits per heavy atom. The van der Waals surface area contributed by atoms with E-state index in [-0.39, 0.29) is 12.2 Å². The Hall–Kier alpha value is -1.83. The molecule has 3 nitrogen and oxygen atoms in total. The summed E-state index contributed by atoms with van der Waals surface area (Å²) in [6.07, 6.45) is 0. The Kier molecular flexibility index (Phi) is 5.79. The first kappa shape index (κ1) is 15.6. The van der Waals surface area contributed by atoms with Gasteiger partial charge in [-0.25, -0.2) is 4.79 Å². The molecule has 0 amide bonds. The molecule has 0 N–H and O–H groups in total. The van der Waals surface area contributed by atoms with Gasteiger partial charge in [-0.15, -0.1) is 11.8 Å². The first-order valence-electron chi connectivity index (χ1n) is 6.23. The SMILES string of the molecule is Cc1cc(SCC#CCOc2ccccc2Cl)cc(=O)o1. The molecule has 5 heteroatoms. The van der Waals surface area contributed by atoms with Crippen LogP contribution in [0.1, 0.15) is 5.76 Å². The van der Waals surface area contributed by atoms with E-state index in [2.05, 4.69) is 11.8 Å². The summed E-state index contributed by atoms with van der Waals surface area (Å²) in [5, 5.41) is 0.570. The number of ether oxygens (including phenoxy) is 1. The maximum Gasteiger partial charge on any atom is 0.336 e. The third kappa shape index (κ3) is 5.22. The van der Waals surface area contributed by atoms with Crippen LogP contribution in [0.2, 0.25) is 5.02 Å². The number of aryl methyl sites for hydroxylation is 1. The first-order valence-corrected chi connectivity index (χ1v) is 7.59. The highest BCUT2D eigenvalue weighted by molar-refractivity contribution is 7.99. The highest BCUT2D eigenvalue weighted by Gasteiger charge is 1.98. The van der Waals surface area contributed by atoms with Gasteiger partial charge in [-0.3, -0.25) is 0 Å². The second kappa shape index (κ2) is 7.82. The molecule has 0 aliphatic carbocycles. The van der Waals surface area contributed by atoms with Crippen LogP contribution in [0, 0.1) is 18.8 Å². The molecule has 0 bridgehead atoms. The number of benzene rings is 1. The number of hydrogen-bond acceptors (Lipinski definition) is 4. The minimum atomic E-state index is -0.340. The molecule has 0 saturated carbocycles. The maximum atomic E-state index is 11.2.